The first-order chi connectivity index (χ1) is 11.6. The van der Waals surface area contributed by atoms with Crippen LogP contribution in [0.2, 0.25) is 0 Å². The summed E-state index contributed by atoms with van der Waals surface area (Å²) in [5.41, 5.74) is -0.512. The van der Waals surface area contributed by atoms with Gasteiger partial charge in [0.25, 0.3) is 5.91 Å². The average molecular weight is 333 g/mol. The molecule has 0 spiro atoms. The minimum Gasteiger partial charge on any atom is -0.467 e. The summed E-state index contributed by atoms with van der Waals surface area (Å²) in [5, 5.41) is 18.1. The lowest BCUT2D eigenvalue weighted by Crippen LogP contribution is -2.30. The SMILES string of the molecule is O=C(NC(CO)c1ccco1)c1cn[nH]c1-c1c(F)cccc1F. The van der Waals surface area contributed by atoms with E-state index in [1.807, 2.05) is 0 Å². The topological polar surface area (TPSA) is 91.2 Å². The molecule has 3 rings (SSSR count). The molecular weight excluding hydrogens is 320 g/mol. The Morgan fingerprint density at radius 1 is 1.29 bits per heavy atom. The number of aliphatic hydroxyl groups excluding tert-OH is 1. The van der Waals surface area contributed by atoms with E-state index in [0.29, 0.717) is 5.76 Å². The van der Waals surface area contributed by atoms with Gasteiger partial charge in [-0.3, -0.25) is 9.89 Å². The van der Waals surface area contributed by atoms with Crippen LogP contribution in [0.15, 0.2) is 47.2 Å². The van der Waals surface area contributed by atoms with E-state index in [1.54, 1.807) is 12.1 Å². The molecule has 0 bridgehead atoms. The smallest absolute Gasteiger partial charge is 0.255 e. The monoisotopic (exact) mass is 333 g/mol. The maximum Gasteiger partial charge on any atom is 0.255 e. The highest BCUT2D eigenvalue weighted by Gasteiger charge is 2.24. The predicted molar refractivity (Wildman–Crippen MR) is 79.9 cm³/mol. The van der Waals surface area contributed by atoms with Crippen molar-refractivity contribution >= 4 is 5.91 Å². The number of rotatable bonds is 5. The van der Waals surface area contributed by atoms with E-state index < -0.39 is 30.2 Å². The Hall–Kier alpha value is -3.00. The number of H-pyrrole nitrogens is 1. The summed E-state index contributed by atoms with van der Waals surface area (Å²) in [5.74, 6) is -1.94. The van der Waals surface area contributed by atoms with Gasteiger partial charge in [-0.25, -0.2) is 8.78 Å². The number of nitrogens with one attached hydrogen (secondary N) is 2. The van der Waals surface area contributed by atoms with Gasteiger partial charge in [-0.15, -0.1) is 0 Å². The Morgan fingerprint density at radius 3 is 2.67 bits per heavy atom. The van der Waals surface area contributed by atoms with Crippen LogP contribution in [0.5, 0.6) is 0 Å². The van der Waals surface area contributed by atoms with Crippen molar-refractivity contribution < 1.29 is 23.1 Å². The predicted octanol–water partition coefficient (Wildman–Crippen LogP) is 2.41. The molecule has 1 atom stereocenters. The normalized spacial score (nSPS) is 12.1. The van der Waals surface area contributed by atoms with E-state index in [2.05, 4.69) is 15.5 Å². The zero-order valence-electron chi connectivity index (χ0n) is 12.3. The van der Waals surface area contributed by atoms with E-state index in [4.69, 9.17) is 4.42 Å². The molecule has 2 aromatic heterocycles. The van der Waals surface area contributed by atoms with E-state index in [0.717, 1.165) is 18.3 Å². The van der Waals surface area contributed by atoms with Gasteiger partial charge in [0.1, 0.15) is 23.4 Å². The van der Waals surface area contributed by atoms with Gasteiger partial charge < -0.3 is 14.8 Å². The molecule has 3 N–H and O–H groups in total. The second kappa shape index (κ2) is 6.63. The molecule has 0 fully saturated rings. The molecule has 24 heavy (non-hydrogen) atoms. The van der Waals surface area contributed by atoms with Crippen LogP contribution in [-0.4, -0.2) is 27.8 Å². The number of benzene rings is 1. The third kappa shape index (κ3) is 2.91. The van der Waals surface area contributed by atoms with Gasteiger partial charge in [-0.2, -0.15) is 5.10 Å². The second-order valence-electron chi connectivity index (χ2n) is 4.98. The fourth-order valence-electron chi connectivity index (χ4n) is 2.32. The summed E-state index contributed by atoms with van der Waals surface area (Å²) in [6.07, 6.45) is 2.56. The van der Waals surface area contributed by atoms with Crippen LogP contribution in [0.25, 0.3) is 11.3 Å². The van der Waals surface area contributed by atoms with Crippen molar-refractivity contribution in [3.63, 3.8) is 0 Å². The van der Waals surface area contributed by atoms with Gasteiger partial charge in [0.05, 0.1) is 35.9 Å². The molecule has 2 heterocycles. The summed E-state index contributed by atoms with van der Waals surface area (Å²) >= 11 is 0. The Bertz CT molecular complexity index is 826. The van der Waals surface area contributed by atoms with E-state index in [9.17, 15) is 18.7 Å². The first-order valence-electron chi connectivity index (χ1n) is 7.04. The third-order valence-electron chi connectivity index (χ3n) is 3.47. The molecule has 0 saturated carbocycles. The molecule has 0 aliphatic heterocycles. The van der Waals surface area contributed by atoms with E-state index in [1.165, 1.54) is 12.3 Å². The number of amides is 1. The number of aromatic nitrogens is 2. The highest BCUT2D eigenvalue weighted by Crippen LogP contribution is 2.27. The molecule has 6 nitrogen and oxygen atoms in total. The number of carbonyl (C=O) groups excluding carboxylic acids is 1. The Morgan fingerprint density at radius 2 is 2.04 bits per heavy atom. The number of aliphatic hydroxyl groups is 1. The largest absolute Gasteiger partial charge is 0.467 e. The Kier molecular flexibility index (Phi) is 4.39. The van der Waals surface area contributed by atoms with Crippen LogP contribution in [0, 0.1) is 11.6 Å². The van der Waals surface area contributed by atoms with Gasteiger partial charge in [-0.05, 0) is 24.3 Å². The number of carbonyl (C=O) groups is 1. The standard InChI is InChI=1S/C16H13F2N3O3/c17-10-3-1-4-11(18)14(10)15-9(7-19-21-15)16(23)20-12(8-22)13-5-2-6-24-13/h1-7,12,22H,8H2,(H,19,21)(H,20,23). The lowest BCUT2D eigenvalue weighted by molar-refractivity contribution is 0.0908. The summed E-state index contributed by atoms with van der Waals surface area (Å²) in [6, 6.07) is 5.81. The summed E-state index contributed by atoms with van der Waals surface area (Å²) in [7, 11) is 0. The van der Waals surface area contributed by atoms with Crippen molar-refractivity contribution in [2.75, 3.05) is 6.61 Å². The van der Waals surface area contributed by atoms with Gasteiger partial charge >= 0.3 is 0 Å². The second-order valence-corrected chi connectivity index (χ2v) is 4.98. The van der Waals surface area contributed by atoms with Gasteiger partial charge in [-0.1, -0.05) is 6.07 Å². The Labute approximate surface area is 135 Å². The van der Waals surface area contributed by atoms with Crippen molar-refractivity contribution in [3.05, 3.63) is 65.7 Å². The summed E-state index contributed by atoms with van der Waals surface area (Å²) < 4.78 is 33.0. The number of halogens is 2. The van der Waals surface area contributed by atoms with E-state index >= 15 is 0 Å². The number of hydrogen-bond donors (Lipinski definition) is 3. The molecule has 0 aliphatic carbocycles. The minimum absolute atomic E-state index is 0.0518. The molecule has 1 amide bonds. The lowest BCUT2D eigenvalue weighted by atomic mass is 10.1. The van der Waals surface area contributed by atoms with Crippen molar-refractivity contribution in [2.24, 2.45) is 0 Å². The molecular formula is C16H13F2N3O3. The first kappa shape index (κ1) is 15.9. The fourth-order valence-corrected chi connectivity index (χ4v) is 2.32. The van der Waals surface area contributed by atoms with Crippen molar-refractivity contribution in [1.82, 2.24) is 15.5 Å². The van der Waals surface area contributed by atoms with Crippen molar-refractivity contribution in [1.29, 1.82) is 0 Å². The van der Waals surface area contributed by atoms with E-state index in [-0.39, 0.29) is 16.8 Å². The minimum atomic E-state index is -0.821. The number of nitrogens with zero attached hydrogens (tertiary/aromatic N) is 1. The van der Waals surface area contributed by atoms with Crippen LogP contribution >= 0.6 is 0 Å². The van der Waals surface area contributed by atoms with Crippen LogP contribution in [0.4, 0.5) is 8.78 Å². The van der Waals surface area contributed by atoms with Crippen LogP contribution in [0.1, 0.15) is 22.2 Å². The van der Waals surface area contributed by atoms with Crippen LogP contribution in [0.3, 0.4) is 0 Å². The molecule has 0 saturated heterocycles. The number of furan rings is 1. The molecule has 1 aromatic carbocycles. The maximum absolute atomic E-state index is 13.9. The average Bonchev–Trinajstić information content (AvgIpc) is 3.24. The summed E-state index contributed by atoms with van der Waals surface area (Å²) in [4.78, 5) is 12.4. The molecule has 8 heteroatoms. The van der Waals surface area contributed by atoms with Crippen molar-refractivity contribution in [3.8, 4) is 11.3 Å². The molecule has 124 valence electrons. The molecule has 0 radical (unpaired) electrons. The molecule has 3 aromatic rings. The van der Waals surface area contributed by atoms with Crippen LogP contribution < -0.4 is 5.32 Å². The van der Waals surface area contributed by atoms with Gasteiger partial charge in [0, 0.05) is 0 Å². The molecule has 0 aliphatic rings. The highest BCUT2D eigenvalue weighted by molar-refractivity contribution is 6.00. The van der Waals surface area contributed by atoms with Gasteiger partial charge in [0.15, 0.2) is 0 Å². The number of aromatic amines is 1. The zero-order chi connectivity index (χ0) is 17.1. The third-order valence-corrected chi connectivity index (χ3v) is 3.47. The zero-order valence-corrected chi connectivity index (χ0v) is 12.3. The maximum atomic E-state index is 13.9. The van der Waals surface area contributed by atoms with Crippen LogP contribution in [-0.2, 0) is 0 Å². The van der Waals surface area contributed by atoms with Crippen molar-refractivity contribution in [2.45, 2.75) is 6.04 Å². The summed E-state index contributed by atoms with van der Waals surface area (Å²) in [6.45, 7) is -0.402. The Balaban J connectivity index is 1.91. The lowest BCUT2D eigenvalue weighted by Gasteiger charge is -2.14. The highest BCUT2D eigenvalue weighted by atomic mass is 19.1. The fraction of sp³-hybridized carbons (Fsp3) is 0.125. The van der Waals surface area contributed by atoms with Gasteiger partial charge in [0.2, 0.25) is 0 Å². The quantitative estimate of drug-likeness (QED) is 0.669. The number of hydrogen-bond acceptors (Lipinski definition) is 4. The first-order valence-corrected chi connectivity index (χ1v) is 7.04. The molecule has 1 unspecified atom stereocenters.